The molecule has 0 aliphatic carbocycles. The molecule has 1 heterocycles. The first kappa shape index (κ1) is 10.0. The van der Waals surface area contributed by atoms with Crippen molar-refractivity contribution in [2.24, 2.45) is 0 Å². The second-order valence-electron chi connectivity index (χ2n) is 3.15. The Morgan fingerprint density at radius 3 is 2.71 bits per heavy atom. The van der Waals surface area contributed by atoms with Crippen LogP contribution in [0.1, 0.15) is 4.88 Å². The minimum atomic E-state index is -1.45. The van der Waals surface area contributed by atoms with Crippen LogP contribution in [0.4, 0.5) is 0 Å². The molecule has 0 bridgehead atoms. The number of thiol groups is 1. The Bertz CT molecular complexity index is 479. The van der Waals surface area contributed by atoms with E-state index in [4.69, 9.17) is 0 Å². The smallest absolute Gasteiger partial charge is 0.423 e. The summed E-state index contributed by atoms with van der Waals surface area (Å²) in [6.07, 6.45) is 0. The minimum absolute atomic E-state index is 0.504. The highest BCUT2D eigenvalue weighted by molar-refractivity contribution is 7.80. The molecule has 2 aromatic rings. The molecule has 2 nitrogen and oxygen atoms in total. The van der Waals surface area contributed by atoms with Gasteiger partial charge in [-0.3, -0.25) is 0 Å². The Kier molecular flexibility index (Phi) is 2.57. The molecule has 0 unspecified atom stereocenters. The van der Waals surface area contributed by atoms with Crippen LogP contribution in [0.2, 0.25) is 0 Å². The molecule has 0 fully saturated rings. The fourth-order valence-corrected chi connectivity index (χ4v) is 2.95. The second kappa shape index (κ2) is 3.58. The normalized spacial score (nSPS) is 10.9. The van der Waals surface area contributed by atoms with Gasteiger partial charge in [-0.25, -0.2) is 0 Å². The van der Waals surface area contributed by atoms with Gasteiger partial charge in [-0.05, 0) is 24.4 Å². The topological polar surface area (TPSA) is 40.5 Å². The van der Waals surface area contributed by atoms with Gasteiger partial charge in [0.15, 0.2) is 0 Å². The third kappa shape index (κ3) is 1.57. The molecule has 0 aliphatic heterocycles. The summed E-state index contributed by atoms with van der Waals surface area (Å²) in [7, 11) is -1.45. The quantitative estimate of drug-likeness (QED) is 0.502. The highest BCUT2D eigenvalue weighted by Crippen LogP contribution is 2.25. The standard InChI is InChI=1S/C9H9BO2S2/c1-5-4-6-2-3-7(13)8(10(11)12)9(6)14-5/h2-4,11-13H,1H3. The average Bonchev–Trinajstić information content (AvgIpc) is 2.43. The Labute approximate surface area is 91.8 Å². The van der Waals surface area contributed by atoms with Gasteiger partial charge in [0.05, 0.1) is 0 Å². The fraction of sp³-hybridized carbons (Fsp3) is 0.111. The van der Waals surface area contributed by atoms with Gasteiger partial charge in [0.1, 0.15) is 0 Å². The molecule has 0 saturated carbocycles. The van der Waals surface area contributed by atoms with Gasteiger partial charge in [0.2, 0.25) is 0 Å². The molecule has 5 heteroatoms. The molecule has 0 aliphatic rings. The highest BCUT2D eigenvalue weighted by Gasteiger charge is 2.19. The third-order valence-corrected chi connectivity index (χ3v) is 3.57. The molecule has 72 valence electrons. The van der Waals surface area contributed by atoms with Crippen LogP contribution in [-0.4, -0.2) is 17.2 Å². The number of hydrogen-bond donors (Lipinski definition) is 3. The predicted molar refractivity (Wildman–Crippen MR) is 63.6 cm³/mol. The van der Waals surface area contributed by atoms with Gasteiger partial charge in [-0.2, -0.15) is 0 Å². The zero-order valence-corrected chi connectivity index (χ0v) is 9.27. The summed E-state index contributed by atoms with van der Waals surface area (Å²) >= 11 is 5.76. The third-order valence-electron chi connectivity index (χ3n) is 2.08. The molecule has 0 atom stereocenters. The Balaban J connectivity index is 2.82. The Morgan fingerprint density at radius 2 is 2.07 bits per heavy atom. The van der Waals surface area contributed by atoms with Crippen LogP contribution in [0, 0.1) is 6.92 Å². The fourth-order valence-electron chi connectivity index (χ4n) is 1.49. The van der Waals surface area contributed by atoms with Gasteiger partial charge in [0, 0.05) is 19.9 Å². The van der Waals surface area contributed by atoms with Gasteiger partial charge in [0.25, 0.3) is 0 Å². The van der Waals surface area contributed by atoms with E-state index in [9.17, 15) is 10.0 Å². The van der Waals surface area contributed by atoms with Crippen LogP contribution in [0.3, 0.4) is 0 Å². The van der Waals surface area contributed by atoms with Crippen molar-refractivity contribution in [3.8, 4) is 0 Å². The van der Waals surface area contributed by atoms with Crippen molar-refractivity contribution in [2.75, 3.05) is 0 Å². The summed E-state index contributed by atoms with van der Waals surface area (Å²) in [4.78, 5) is 1.77. The summed E-state index contributed by atoms with van der Waals surface area (Å²) in [6, 6.07) is 5.75. The summed E-state index contributed by atoms with van der Waals surface area (Å²) in [5.74, 6) is 0. The molecule has 0 amide bonds. The van der Waals surface area contributed by atoms with Crippen molar-refractivity contribution in [3.63, 3.8) is 0 Å². The first-order valence-electron chi connectivity index (χ1n) is 4.17. The summed E-state index contributed by atoms with van der Waals surface area (Å²) in [6.45, 7) is 2.00. The van der Waals surface area contributed by atoms with E-state index < -0.39 is 7.12 Å². The van der Waals surface area contributed by atoms with Crippen molar-refractivity contribution in [1.82, 2.24) is 0 Å². The lowest BCUT2D eigenvalue weighted by Crippen LogP contribution is -2.31. The number of hydrogen-bond acceptors (Lipinski definition) is 4. The molecule has 1 aromatic carbocycles. The van der Waals surface area contributed by atoms with Gasteiger partial charge in [-0.15, -0.1) is 24.0 Å². The van der Waals surface area contributed by atoms with E-state index in [-0.39, 0.29) is 0 Å². The zero-order valence-electron chi connectivity index (χ0n) is 7.56. The minimum Gasteiger partial charge on any atom is -0.423 e. The summed E-state index contributed by atoms with van der Waals surface area (Å²) in [5.41, 5.74) is 0.504. The van der Waals surface area contributed by atoms with Crippen molar-refractivity contribution in [2.45, 2.75) is 11.8 Å². The van der Waals surface area contributed by atoms with Crippen LogP contribution >= 0.6 is 24.0 Å². The number of fused-ring (bicyclic) bond motifs is 1. The Morgan fingerprint density at radius 1 is 1.36 bits per heavy atom. The largest absolute Gasteiger partial charge is 0.491 e. The average molecular weight is 224 g/mol. The van der Waals surface area contributed by atoms with E-state index in [1.807, 2.05) is 19.1 Å². The first-order valence-corrected chi connectivity index (χ1v) is 5.44. The molecular formula is C9H9BO2S2. The monoisotopic (exact) mass is 224 g/mol. The molecular weight excluding hydrogens is 215 g/mol. The van der Waals surface area contributed by atoms with Crippen LogP contribution in [0.15, 0.2) is 23.1 Å². The maximum absolute atomic E-state index is 9.23. The highest BCUT2D eigenvalue weighted by atomic mass is 32.1. The van der Waals surface area contributed by atoms with Crippen molar-refractivity contribution in [3.05, 3.63) is 23.1 Å². The molecule has 0 radical (unpaired) electrons. The van der Waals surface area contributed by atoms with E-state index in [0.717, 1.165) is 15.0 Å². The van der Waals surface area contributed by atoms with E-state index in [1.165, 1.54) is 0 Å². The van der Waals surface area contributed by atoms with E-state index in [2.05, 4.69) is 12.6 Å². The van der Waals surface area contributed by atoms with Crippen LogP contribution in [0.25, 0.3) is 10.1 Å². The second-order valence-corrected chi connectivity index (χ2v) is 4.89. The number of aryl methyl sites for hydroxylation is 1. The van der Waals surface area contributed by atoms with Crippen LogP contribution in [-0.2, 0) is 0 Å². The van der Waals surface area contributed by atoms with Gasteiger partial charge in [-0.1, -0.05) is 6.07 Å². The SMILES string of the molecule is Cc1cc2ccc(S)c(B(O)O)c2s1. The molecule has 2 N–H and O–H groups in total. The van der Waals surface area contributed by atoms with E-state index in [1.54, 1.807) is 17.4 Å². The van der Waals surface area contributed by atoms with Crippen molar-refractivity contribution >= 4 is 46.6 Å². The maximum atomic E-state index is 9.23. The molecule has 1 aromatic heterocycles. The lowest BCUT2D eigenvalue weighted by Gasteiger charge is -2.04. The van der Waals surface area contributed by atoms with E-state index >= 15 is 0 Å². The number of rotatable bonds is 1. The lowest BCUT2D eigenvalue weighted by molar-refractivity contribution is 0.425. The van der Waals surface area contributed by atoms with Crippen LogP contribution in [0.5, 0.6) is 0 Å². The summed E-state index contributed by atoms with van der Waals surface area (Å²) < 4.78 is 0.907. The van der Waals surface area contributed by atoms with E-state index in [0.29, 0.717) is 10.4 Å². The predicted octanol–water partition coefficient (Wildman–Crippen LogP) is 1.18. The lowest BCUT2D eigenvalue weighted by atomic mass is 9.80. The van der Waals surface area contributed by atoms with Gasteiger partial charge < -0.3 is 10.0 Å². The number of benzene rings is 1. The zero-order chi connectivity index (χ0) is 10.3. The van der Waals surface area contributed by atoms with Crippen LogP contribution < -0.4 is 5.46 Å². The van der Waals surface area contributed by atoms with Crippen molar-refractivity contribution < 1.29 is 10.0 Å². The first-order chi connectivity index (χ1) is 6.59. The molecule has 14 heavy (non-hydrogen) atoms. The number of thiophene rings is 1. The van der Waals surface area contributed by atoms with Crippen molar-refractivity contribution in [1.29, 1.82) is 0 Å². The summed E-state index contributed by atoms with van der Waals surface area (Å²) in [5, 5.41) is 19.5. The molecule has 0 spiro atoms. The Hall–Kier alpha value is -0.485. The maximum Gasteiger partial charge on any atom is 0.491 e. The van der Waals surface area contributed by atoms with Gasteiger partial charge >= 0.3 is 7.12 Å². The molecule has 0 saturated heterocycles. The molecule has 2 rings (SSSR count).